The van der Waals surface area contributed by atoms with Gasteiger partial charge in [0.1, 0.15) is 0 Å². The summed E-state index contributed by atoms with van der Waals surface area (Å²) in [5.41, 5.74) is 3.70. The fourth-order valence-corrected chi connectivity index (χ4v) is 2.95. The molecular weight excluding hydrogens is 228 g/mol. The van der Waals surface area contributed by atoms with Crippen LogP contribution in [-0.2, 0) is 0 Å². The van der Waals surface area contributed by atoms with Crippen LogP contribution in [0.25, 0.3) is 0 Å². The van der Waals surface area contributed by atoms with Gasteiger partial charge in [0.05, 0.1) is 11.7 Å². The van der Waals surface area contributed by atoms with E-state index in [9.17, 15) is 0 Å². The first-order valence-corrected chi connectivity index (χ1v) is 6.80. The van der Waals surface area contributed by atoms with Crippen LogP contribution in [0.5, 0.6) is 0 Å². The van der Waals surface area contributed by atoms with Gasteiger partial charge in [-0.15, -0.1) is 11.3 Å². The molecule has 2 heterocycles. The smallest absolute Gasteiger partial charge is 0.0847 e. The van der Waals surface area contributed by atoms with E-state index in [2.05, 4.69) is 48.6 Å². The van der Waals surface area contributed by atoms with Crippen LogP contribution in [0.1, 0.15) is 34.7 Å². The molecule has 0 radical (unpaired) electrons. The molecule has 0 aromatic carbocycles. The zero-order chi connectivity index (χ0) is 12.3. The molecule has 17 heavy (non-hydrogen) atoms. The van der Waals surface area contributed by atoms with E-state index in [0.717, 1.165) is 12.2 Å². The summed E-state index contributed by atoms with van der Waals surface area (Å²) in [5, 5.41) is 5.66. The summed E-state index contributed by atoms with van der Waals surface area (Å²) in [6, 6.07) is 6.58. The summed E-state index contributed by atoms with van der Waals surface area (Å²) in [6.45, 7) is 7.34. The van der Waals surface area contributed by atoms with E-state index >= 15 is 0 Å². The molecule has 2 rings (SSSR count). The number of rotatable bonds is 4. The Balaban J connectivity index is 2.39. The minimum absolute atomic E-state index is 0.222. The summed E-state index contributed by atoms with van der Waals surface area (Å²) < 4.78 is 0. The first kappa shape index (κ1) is 12.3. The molecule has 0 amide bonds. The molecule has 90 valence electrons. The Morgan fingerprint density at radius 2 is 2.18 bits per heavy atom. The highest BCUT2D eigenvalue weighted by molar-refractivity contribution is 7.10. The maximum absolute atomic E-state index is 4.50. The van der Waals surface area contributed by atoms with Gasteiger partial charge in [0.15, 0.2) is 0 Å². The summed E-state index contributed by atoms with van der Waals surface area (Å²) in [5.74, 6) is 0. The lowest BCUT2D eigenvalue weighted by atomic mass is 10.1. The second kappa shape index (κ2) is 5.43. The maximum Gasteiger partial charge on any atom is 0.0847 e. The van der Waals surface area contributed by atoms with Crippen LogP contribution in [0, 0.1) is 13.8 Å². The van der Waals surface area contributed by atoms with Crippen LogP contribution >= 0.6 is 11.3 Å². The van der Waals surface area contributed by atoms with Gasteiger partial charge in [-0.3, -0.25) is 4.98 Å². The van der Waals surface area contributed by atoms with Crippen LogP contribution < -0.4 is 5.32 Å². The Morgan fingerprint density at radius 3 is 2.76 bits per heavy atom. The molecule has 2 nitrogen and oxygen atoms in total. The van der Waals surface area contributed by atoms with Crippen molar-refractivity contribution in [2.24, 2.45) is 0 Å². The first-order valence-electron chi connectivity index (χ1n) is 5.92. The minimum Gasteiger partial charge on any atom is -0.305 e. The molecule has 0 fully saturated rings. The van der Waals surface area contributed by atoms with E-state index in [1.54, 1.807) is 11.3 Å². The number of thiophene rings is 1. The summed E-state index contributed by atoms with van der Waals surface area (Å²) in [7, 11) is 0. The quantitative estimate of drug-likeness (QED) is 0.893. The number of nitrogens with one attached hydrogen (secondary N) is 1. The Bertz CT molecular complexity index is 490. The third kappa shape index (κ3) is 2.73. The average Bonchev–Trinajstić information content (AvgIpc) is 2.72. The van der Waals surface area contributed by atoms with Gasteiger partial charge in [-0.05, 0) is 55.1 Å². The highest BCUT2D eigenvalue weighted by Gasteiger charge is 2.17. The maximum atomic E-state index is 4.50. The van der Waals surface area contributed by atoms with Crippen molar-refractivity contribution in [3.8, 4) is 0 Å². The van der Waals surface area contributed by atoms with E-state index < -0.39 is 0 Å². The first-order chi connectivity index (χ1) is 8.22. The molecule has 3 heteroatoms. The number of aromatic nitrogens is 1. The largest absolute Gasteiger partial charge is 0.305 e. The SMILES string of the molecule is CCNC(c1cc(C)ccn1)c1sccc1C. The lowest BCUT2D eigenvalue weighted by Gasteiger charge is -2.17. The van der Waals surface area contributed by atoms with Gasteiger partial charge in [-0.1, -0.05) is 6.92 Å². The zero-order valence-corrected chi connectivity index (χ0v) is 11.3. The van der Waals surface area contributed by atoms with Crippen LogP contribution in [0.4, 0.5) is 0 Å². The standard InChI is InChI=1S/C14H18N2S/c1-4-15-13(14-11(3)6-8-17-14)12-9-10(2)5-7-16-12/h5-9,13,15H,4H2,1-3H3. The molecule has 2 aromatic rings. The Morgan fingerprint density at radius 1 is 1.35 bits per heavy atom. The summed E-state index contributed by atoms with van der Waals surface area (Å²) in [4.78, 5) is 5.87. The topological polar surface area (TPSA) is 24.9 Å². The van der Waals surface area contributed by atoms with E-state index in [0.29, 0.717) is 0 Å². The Hall–Kier alpha value is -1.19. The van der Waals surface area contributed by atoms with E-state index in [4.69, 9.17) is 0 Å². The van der Waals surface area contributed by atoms with Crippen molar-refractivity contribution >= 4 is 11.3 Å². The normalized spacial score (nSPS) is 12.6. The Kier molecular flexibility index (Phi) is 3.92. The third-order valence-corrected chi connectivity index (χ3v) is 3.89. The molecule has 1 N–H and O–H groups in total. The molecule has 2 aromatic heterocycles. The van der Waals surface area contributed by atoms with Crippen molar-refractivity contribution in [2.75, 3.05) is 6.54 Å². The number of hydrogen-bond donors (Lipinski definition) is 1. The molecule has 1 unspecified atom stereocenters. The second-order valence-corrected chi connectivity index (χ2v) is 5.16. The van der Waals surface area contributed by atoms with Gasteiger partial charge in [-0.2, -0.15) is 0 Å². The summed E-state index contributed by atoms with van der Waals surface area (Å²) in [6.07, 6.45) is 1.89. The van der Waals surface area contributed by atoms with Crippen LogP contribution in [0.3, 0.4) is 0 Å². The van der Waals surface area contributed by atoms with Crippen LogP contribution in [0.2, 0.25) is 0 Å². The molecule has 0 saturated heterocycles. The van der Waals surface area contributed by atoms with Crippen molar-refractivity contribution in [1.29, 1.82) is 0 Å². The van der Waals surface area contributed by atoms with Gasteiger partial charge >= 0.3 is 0 Å². The van der Waals surface area contributed by atoms with Crippen LogP contribution in [0.15, 0.2) is 29.8 Å². The van der Waals surface area contributed by atoms with Crippen molar-refractivity contribution in [2.45, 2.75) is 26.8 Å². The van der Waals surface area contributed by atoms with Crippen molar-refractivity contribution < 1.29 is 0 Å². The second-order valence-electron chi connectivity index (χ2n) is 4.22. The molecule has 0 spiro atoms. The van der Waals surface area contributed by atoms with Crippen molar-refractivity contribution in [3.63, 3.8) is 0 Å². The number of aryl methyl sites for hydroxylation is 2. The van der Waals surface area contributed by atoms with Gasteiger partial charge < -0.3 is 5.32 Å². The molecule has 1 atom stereocenters. The van der Waals surface area contributed by atoms with Gasteiger partial charge in [-0.25, -0.2) is 0 Å². The third-order valence-electron chi connectivity index (χ3n) is 2.80. The van der Waals surface area contributed by atoms with Crippen LogP contribution in [-0.4, -0.2) is 11.5 Å². The van der Waals surface area contributed by atoms with E-state index in [1.165, 1.54) is 16.0 Å². The number of hydrogen-bond acceptors (Lipinski definition) is 3. The van der Waals surface area contributed by atoms with E-state index in [1.807, 2.05) is 12.3 Å². The predicted molar refractivity (Wildman–Crippen MR) is 73.5 cm³/mol. The lowest BCUT2D eigenvalue weighted by molar-refractivity contribution is 0.621. The van der Waals surface area contributed by atoms with Gasteiger partial charge in [0.2, 0.25) is 0 Å². The van der Waals surface area contributed by atoms with Crippen molar-refractivity contribution in [3.05, 3.63) is 51.5 Å². The Labute approximate surface area is 107 Å². The zero-order valence-electron chi connectivity index (χ0n) is 10.5. The lowest BCUT2D eigenvalue weighted by Crippen LogP contribution is -2.22. The molecule has 0 bridgehead atoms. The monoisotopic (exact) mass is 246 g/mol. The van der Waals surface area contributed by atoms with Gasteiger partial charge in [0, 0.05) is 11.1 Å². The van der Waals surface area contributed by atoms with Crippen molar-refractivity contribution in [1.82, 2.24) is 10.3 Å². The molecule has 0 aliphatic rings. The molecule has 0 aliphatic carbocycles. The highest BCUT2D eigenvalue weighted by Crippen LogP contribution is 2.28. The minimum atomic E-state index is 0.222. The molecule has 0 aliphatic heterocycles. The average molecular weight is 246 g/mol. The molecule has 0 saturated carbocycles. The fraction of sp³-hybridized carbons (Fsp3) is 0.357. The predicted octanol–water partition coefficient (Wildman–Crippen LogP) is 3.46. The highest BCUT2D eigenvalue weighted by atomic mass is 32.1. The molecular formula is C14H18N2S. The summed E-state index contributed by atoms with van der Waals surface area (Å²) >= 11 is 1.80. The van der Waals surface area contributed by atoms with Gasteiger partial charge in [0.25, 0.3) is 0 Å². The number of nitrogens with zero attached hydrogens (tertiary/aromatic N) is 1. The van der Waals surface area contributed by atoms with E-state index in [-0.39, 0.29) is 6.04 Å². The fourth-order valence-electron chi connectivity index (χ4n) is 1.93. The number of pyridine rings is 1.